The molecule has 17 heavy (non-hydrogen) atoms. The molecule has 2 heterocycles. The van der Waals surface area contributed by atoms with Gasteiger partial charge in [0, 0.05) is 12.5 Å². The highest BCUT2D eigenvalue weighted by Crippen LogP contribution is 2.38. The number of aromatic nitrogens is 3. The highest BCUT2D eigenvalue weighted by molar-refractivity contribution is 5.30. The van der Waals surface area contributed by atoms with Crippen LogP contribution in [0, 0.1) is 0 Å². The van der Waals surface area contributed by atoms with E-state index in [4.69, 9.17) is 5.73 Å². The van der Waals surface area contributed by atoms with Gasteiger partial charge in [-0.05, 0) is 19.9 Å². The molecule has 3 N–H and O–H groups in total. The average molecular weight is 249 g/mol. The van der Waals surface area contributed by atoms with Gasteiger partial charge in [0.25, 0.3) is 0 Å². The number of hydrogen-bond donors (Lipinski definition) is 2. The molecule has 0 spiro atoms. The van der Waals surface area contributed by atoms with Crippen molar-refractivity contribution >= 4 is 5.95 Å². The normalized spacial score (nSPS) is 24.3. The quantitative estimate of drug-likeness (QED) is 0.823. The van der Waals surface area contributed by atoms with Crippen LogP contribution in [-0.4, -0.2) is 33.5 Å². The number of rotatable bonds is 2. The van der Waals surface area contributed by atoms with Crippen molar-refractivity contribution in [1.82, 2.24) is 14.8 Å². The van der Waals surface area contributed by atoms with Crippen molar-refractivity contribution in [2.75, 3.05) is 11.9 Å². The number of hydrogen-bond acceptors (Lipinski definition) is 4. The third-order valence-corrected chi connectivity index (χ3v) is 2.67. The zero-order valence-electron chi connectivity index (χ0n) is 9.33. The zero-order chi connectivity index (χ0) is 12.6. The van der Waals surface area contributed by atoms with Crippen molar-refractivity contribution < 1.29 is 13.2 Å². The summed E-state index contributed by atoms with van der Waals surface area (Å²) in [7, 11) is 0. The van der Waals surface area contributed by atoms with Crippen LogP contribution < -0.4 is 11.1 Å². The van der Waals surface area contributed by atoms with Crippen LogP contribution in [0.1, 0.15) is 25.2 Å². The Hall–Kier alpha value is -1.31. The van der Waals surface area contributed by atoms with Crippen molar-refractivity contribution in [1.29, 1.82) is 0 Å². The SMILES string of the molecule is CC1CC(C(F)(F)F)n2nc(CCN)nc2N1. The third kappa shape index (κ3) is 2.36. The van der Waals surface area contributed by atoms with Crippen LogP contribution in [0.3, 0.4) is 0 Å². The number of nitrogens with two attached hydrogens (primary N) is 1. The van der Waals surface area contributed by atoms with Gasteiger partial charge in [-0.15, -0.1) is 0 Å². The Kier molecular flexibility index (Phi) is 2.98. The highest BCUT2D eigenvalue weighted by atomic mass is 19.4. The van der Waals surface area contributed by atoms with Gasteiger partial charge in [-0.3, -0.25) is 0 Å². The lowest BCUT2D eigenvalue weighted by Gasteiger charge is -2.30. The Morgan fingerprint density at radius 1 is 1.53 bits per heavy atom. The van der Waals surface area contributed by atoms with Gasteiger partial charge in [0.2, 0.25) is 5.95 Å². The van der Waals surface area contributed by atoms with Crippen LogP contribution in [0.4, 0.5) is 19.1 Å². The molecule has 0 radical (unpaired) electrons. The van der Waals surface area contributed by atoms with Gasteiger partial charge in [0.05, 0.1) is 0 Å². The minimum Gasteiger partial charge on any atom is -0.352 e. The topological polar surface area (TPSA) is 68.8 Å². The lowest BCUT2D eigenvalue weighted by Crippen LogP contribution is -2.38. The van der Waals surface area contributed by atoms with Crippen LogP contribution in [0.5, 0.6) is 0 Å². The van der Waals surface area contributed by atoms with E-state index in [1.165, 1.54) is 0 Å². The third-order valence-electron chi connectivity index (χ3n) is 2.67. The number of alkyl halides is 3. The molecule has 1 aliphatic heterocycles. The van der Waals surface area contributed by atoms with Gasteiger partial charge in [-0.2, -0.15) is 23.3 Å². The van der Waals surface area contributed by atoms with Gasteiger partial charge in [0.15, 0.2) is 11.9 Å². The summed E-state index contributed by atoms with van der Waals surface area (Å²) in [5.74, 6) is 0.521. The Morgan fingerprint density at radius 2 is 2.24 bits per heavy atom. The second kappa shape index (κ2) is 4.17. The summed E-state index contributed by atoms with van der Waals surface area (Å²) < 4.78 is 39.5. The minimum atomic E-state index is -4.31. The summed E-state index contributed by atoms with van der Waals surface area (Å²) >= 11 is 0. The van der Waals surface area contributed by atoms with Gasteiger partial charge in [-0.1, -0.05) is 0 Å². The molecule has 1 aromatic rings. The molecular weight excluding hydrogens is 235 g/mol. The molecule has 2 atom stereocenters. The number of nitrogens with zero attached hydrogens (tertiary/aromatic N) is 3. The van der Waals surface area contributed by atoms with E-state index in [0.717, 1.165) is 4.68 Å². The fraction of sp³-hybridized carbons (Fsp3) is 0.778. The molecule has 0 aromatic carbocycles. The standard InChI is InChI=1S/C9H14F3N5/c1-5-4-6(9(10,11)12)17-8(14-5)15-7(16-17)2-3-13/h5-6H,2-4,13H2,1H3,(H,14,15,16). The van der Waals surface area contributed by atoms with Crippen LogP contribution in [0.25, 0.3) is 0 Å². The van der Waals surface area contributed by atoms with Gasteiger partial charge in [-0.25, -0.2) is 4.68 Å². The summed E-state index contributed by atoms with van der Waals surface area (Å²) in [6, 6.07) is -1.88. The van der Waals surface area contributed by atoms with E-state index in [0.29, 0.717) is 18.8 Å². The van der Waals surface area contributed by atoms with E-state index in [1.54, 1.807) is 6.92 Å². The molecular formula is C9H14F3N5. The van der Waals surface area contributed by atoms with Crippen molar-refractivity contribution in [3.63, 3.8) is 0 Å². The lowest BCUT2D eigenvalue weighted by atomic mass is 10.1. The molecule has 1 aromatic heterocycles. The Bertz CT molecular complexity index is 400. The van der Waals surface area contributed by atoms with E-state index < -0.39 is 12.2 Å². The fourth-order valence-electron chi connectivity index (χ4n) is 1.90. The van der Waals surface area contributed by atoms with Crippen LogP contribution in [0.15, 0.2) is 0 Å². The van der Waals surface area contributed by atoms with E-state index in [1.807, 2.05) is 0 Å². The first-order valence-corrected chi connectivity index (χ1v) is 5.40. The first-order chi connectivity index (χ1) is 7.91. The number of anilines is 1. The highest BCUT2D eigenvalue weighted by Gasteiger charge is 2.45. The van der Waals surface area contributed by atoms with Crippen molar-refractivity contribution in [3.05, 3.63) is 5.82 Å². The molecule has 0 saturated heterocycles. The van der Waals surface area contributed by atoms with E-state index in [-0.39, 0.29) is 18.4 Å². The van der Waals surface area contributed by atoms with Crippen LogP contribution in [0.2, 0.25) is 0 Å². The molecule has 1 aliphatic rings. The second-order valence-corrected chi connectivity index (χ2v) is 4.17. The number of halogens is 3. The summed E-state index contributed by atoms with van der Waals surface area (Å²) in [5, 5.41) is 6.76. The summed E-state index contributed by atoms with van der Waals surface area (Å²) in [5.41, 5.74) is 5.33. The van der Waals surface area contributed by atoms with Gasteiger partial charge >= 0.3 is 6.18 Å². The number of nitrogens with one attached hydrogen (secondary N) is 1. The summed E-state index contributed by atoms with van der Waals surface area (Å²) in [6.45, 7) is 2.01. The molecule has 8 heteroatoms. The maximum Gasteiger partial charge on any atom is 0.411 e. The first kappa shape index (κ1) is 12.2. The van der Waals surface area contributed by atoms with Crippen molar-refractivity contribution in [3.8, 4) is 0 Å². The van der Waals surface area contributed by atoms with Crippen molar-refractivity contribution in [2.24, 2.45) is 5.73 Å². The molecule has 0 bridgehead atoms. The first-order valence-electron chi connectivity index (χ1n) is 5.40. The maximum atomic E-state index is 12.8. The molecule has 0 amide bonds. The largest absolute Gasteiger partial charge is 0.411 e. The van der Waals surface area contributed by atoms with E-state index >= 15 is 0 Å². The molecule has 0 aliphatic carbocycles. The Labute approximate surface area is 96.2 Å². The Morgan fingerprint density at radius 3 is 2.82 bits per heavy atom. The van der Waals surface area contributed by atoms with E-state index in [9.17, 15) is 13.2 Å². The second-order valence-electron chi connectivity index (χ2n) is 4.17. The van der Waals surface area contributed by atoms with Crippen LogP contribution >= 0.6 is 0 Å². The Balaban J connectivity index is 2.35. The maximum absolute atomic E-state index is 12.8. The smallest absolute Gasteiger partial charge is 0.352 e. The molecule has 2 rings (SSSR count). The van der Waals surface area contributed by atoms with Gasteiger partial charge in [0.1, 0.15) is 0 Å². The molecule has 2 unspecified atom stereocenters. The lowest BCUT2D eigenvalue weighted by molar-refractivity contribution is -0.173. The molecule has 96 valence electrons. The summed E-state index contributed by atoms with van der Waals surface area (Å²) in [4.78, 5) is 4.02. The average Bonchev–Trinajstić information content (AvgIpc) is 2.57. The van der Waals surface area contributed by atoms with Gasteiger partial charge < -0.3 is 11.1 Å². The zero-order valence-corrected chi connectivity index (χ0v) is 9.33. The van der Waals surface area contributed by atoms with Crippen molar-refractivity contribution in [2.45, 2.75) is 38.0 Å². The molecule has 5 nitrogen and oxygen atoms in total. The van der Waals surface area contributed by atoms with Crippen LogP contribution in [-0.2, 0) is 6.42 Å². The van der Waals surface area contributed by atoms with E-state index in [2.05, 4.69) is 15.4 Å². The molecule has 0 fully saturated rings. The fourth-order valence-corrected chi connectivity index (χ4v) is 1.90. The predicted molar refractivity (Wildman–Crippen MR) is 55.6 cm³/mol. The predicted octanol–water partition coefficient (Wildman–Crippen LogP) is 1.09. The minimum absolute atomic E-state index is 0.0398. The number of fused-ring (bicyclic) bond motifs is 1. The molecule has 0 saturated carbocycles. The monoisotopic (exact) mass is 249 g/mol. The summed E-state index contributed by atoms with van der Waals surface area (Å²) in [6.07, 6.45) is -3.97.